The number of hydrogen-bond donors (Lipinski definition) is 1. The fourth-order valence-corrected chi connectivity index (χ4v) is 4.21. The third kappa shape index (κ3) is 6.47. The molecule has 0 aliphatic heterocycles. The first-order valence-electron chi connectivity index (χ1n) is 9.70. The van der Waals surface area contributed by atoms with Gasteiger partial charge in [0.25, 0.3) is 0 Å². The average molecular weight is 487 g/mol. The second-order valence-corrected chi connectivity index (χ2v) is 10.0. The van der Waals surface area contributed by atoms with Crippen LogP contribution in [-0.2, 0) is 19.4 Å². The predicted octanol–water partition coefficient (Wildman–Crippen LogP) is 4.22. The Labute approximate surface area is 189 Å². The molecule has 0 saturated heterocycles. The molecule has 0 aliphatic rings. The number of nitrogens with one attached hydrogen (secondary N) is 1. The van der Waals surface area contributed by atoms with E-state index in [4.69, 9.17) is 9.47 Å². The van der Waals surface area contributed by atoms with Crippen LogP contribution in [0.4, 0.5) is 13.2 Å². The highest BCUT2D eigenvalue weighted by atomic mass is 32.2. The van der Waals surface area contributed by atoms with Gasteiger partial charge in [0.2, 0.25) is 9.84 Å². The van der Waals surface area contributed by atoms with Crippen LogP contribution < -0.4 is 10.1 Å². The van der Waals surface area contributed by atoms with Crippen molar-refractivity contribution in [3.8, 4) is 5.75 Å². The molecule has 2 rings (SSSR count). The maximum atomic E-state index is 13.2. The average Bonchev–Trinajstić information content (AvgIpc) is 2.71. The fourth-order valence-electron chi connectivity index (χ4n) is 2.79. The largest absolute Gasteiger partial charge is 0.497 e. The quantitative estimate of drug-likeness (QED) is 0.613. The summed E-state index contributed by atoms with van der Waals surface area (Å²) >= 11 is 0. The first kappa shape index (κ1) is 26.2. The zero-order valence-electron chi connectivity index (χ0n) is 18.6. The number of alkyl halides is 3. The molecule has 0 aliphatic carbocycles. The lowest BCUT2D eigenvalue weighted by Gasteiger charge is -2.21. The van der Waals surface area contributed by atoms with Gasteiger partial charge in [-0.25, -0.2) is 13.2 Å². The number of ether oxygens (including phenoxy) is 2. The van der Waals surface area contributed by atoms with Crippen molar-refractivity contribution in [3.63, 3.8) is 0 Å². The lowest BCUT2D eigenvalue weighted by Crippen LogP contribution is -2.38. The Hall–Kier alpha value is -3.08. The third-order valence-corrected chi connectivity index (χ3v) is 6.22. The van der Waals surface area contributed by atoms with E-state index in [1.165, 1.54) is 56.5 Å². The molecule has 7 nitrogen and oxygen atoms in total. The van der Waals surface area contributed by atoms with E-state index < -0.39 is 39.5 Å². The summed E-state index contributed by atoms with van der Waals surface area (Å²) in [5.74, 6) is -2.72. The van der Waals surface area contributed by atoms with E-state index in [1.54, 1.807) is 26.1 Å². The summed E-state index contributed by atoms with van der Waals surface area (Å²) in [5, 5.41) is 1.80. The first-order chi connectivity index (χ1) is 15.1. The summed E-state index contributed by atoms with van der Waals surface area (Å²) in [6.45, 7) is 6.24. The van der Waals surface area contributed by atoms with Crippen LogP contribution in [0.25, 0.3) is 0 Å². The monoisotopic (exact) mass is 487 g/mol. The molecule has 0 fully saturated rings. The molecule has 1 amide bonds. The molecule has 0 bridgehead atoms. The number of carbonyl (C=O) groups is 2. The Morgan fingerprint density at radius 3 is 2.06 bits per heavy atom. The van der Waals surface area contributed by atoms with Crippen LogP contribution in [0.3, 0.4) is 0 Å². The molecule has 1 unspecified atom stereocenters. The van der Waals surface area contributed by atoms with Crippen molar-refractivity contribution >= 4 is 21.7 Å². The smallest absolute Gasteiger partial charge is 0.471 e. The minimum atomic E-state index is -5.04. The van der Waals surface area contributed by atoms with Crippen molar-refractivity contribution in [2.75, 3.05) is 7.11 Å². The molecule has 2 aromatic carbocycles. The SMILES string of the molecule is COc1ccc(S(=O)(=O)c2ccc(C(C)NC(=O)C(F)(F)F)cc2)c(C(=O)OC(C)(C)C)c1. The van der Waals surface area contributed by atoms with Gasteiger partial charge < -0.3 is 14.8 Å². The minimum Gasteiger partial charge on any atom is -0.497 e. The van der Waals surface area contributed by atoms with Crippen LogP contribution in [0, 0.1) is 0 Å². The van der Waals surface area contributed by atoms with Crippen molar-refractivity contribution in [1.29, 1.82) is 0 Å². The summed E-state index contributed by atoms with van der Waals surface area (Å²) in [7, 11) is -2.85. The zero-order valence-corrected chi connectivity index (χ0v) is 19.4. The van der Waals surface area contributed by atoms with Gasteiger partial charge in [-0.05, 0) is 63.6 Å². The highest BCUT2D eigenvalue weighted by molar-refractivity contribution is 7.91. The van der Waals surface area contributed by atoms with Crippen LogP contribution in [0.1, 0.15) is 49.7 Å². The van der Waals surface area contributed by atoms with Gasteiger partial charge in [0.1, 0.15) is 11.4 Å². The summed E-state index contributed by atoms with van der Waals surface area (Å²) in [5.41, 5.74) is -0.840. The van der Waals surface area contributed by atoms with Crippen LogP contribution in [0.15, 0.2) is 52.3 Å². The van der Waals surface area contributed by atoms with Crippen molar-refractivity contribution in [2.24, 2.45) is 0 Å². The highest BCUT2D eigenvalue weighted by Crippen LogP contribution is 2.30. The van der Waals surface area contributed by atoms with Crippen molar-refractivity contribution in [1.82, 2.24) is 5.32 Å². The lowest BCUT2D eigenvalue weighted by molar-refractivity contribution is -0.174. The second-order valence-electron chi connectivity index (χ2n) is 8.13. The maximum absolute atomic E-state index is 13.2. The molecular formula is C22H24F3NO6S. The summed E-state index contributed by atoms with van der Waals surface area (Å²) in [6.07, 6.45) is -5.04. The number of carbonyl (C=O) groups excluding carboxylic acids is 2. The Kier molecular flexibility index (Phi) is 7.47. The molecule has 1 N–H and O–H groups in total. The number of sulfone groups is 1. The van der Waals surface area contributed by atoms with Crippen molar-refractivity contribution < 1.29 is 40.7 Å². The van der Waals surface area contributed by atoms with Gasteiger partial charge in [0.15, 0.2) is 0 Å². The molecule has 2 aromatic rings. The van der Waals surface area contributed by atoms with Gasteiger partial charge in [0.05, 0.1) is 28.5 Å². The van der Waals surface area contributed by atoms with Gasteiger partial charge in [-0.2, -0.15) is 13.2 Å². The zero-order chi connectivity index (χ0) is 25.2. The highest BCUT2D eigenvalue weighted by Gasteiger charge is 2.39. The number of halogens is 3. The second kappa shape index (κ2) is 9.42. The van der Waals surface area contributed by atoms with Crippen LogP contribution in [0.2, 0.25) is 0 Å². The molecule has 33 heavy (non-hydrogen) atoms. The molecule has 0 heterocycles. The normalized spacial score (nSPS) is 13.2. The van der Waals surface area contributed by atoms with E-state index in [9.17, 15) is 31.2 Å². The fraction of sp³-hybridized carbons (Fsp3) is 0.364. The maximum Gasteiger partial charge on any atom is 0.471 e. The van der Waals surface area contributed by atoms with E-state index >= 15 is 0 Å². The number of rotatable bonds is 6. The molecule has 0 radical (unpaired) electrons. The van der Waals surface area contributed by atoms with Crippen LogP contribution in [-0.4, -0.2) is 39.2 Å². The van der Waals surface area contributed by atoms with Crippen molar-refractivity contribution in [2.45, 2.75) is 55.3 Å². The molecule has 0 saturated carbocycles. The van der Waals surface area contributed by atoms with Gasteiger partial charge in [-0.1, -0.05) is 12.1 Å². The summed E-state index contributed by atoms with van der Waals surface area (Å²) in [4.78, 5) is 23.3. The molecule has 180 valence electrons. The van der Waals surface area contributed by atoms with Crippen LogP contribution >= 0.6 is 0 Å². The number of benzene rings is 2. The Morgan fingerprint density at radius 1 is 1.00 bits per heavy atom. The van der Waals surface area contributed by atoms with Gasteiger partial charge in [-0.15, -0.1) is 0 Å². The first-order valence-corrected chi connectivity index (χ1v) is 11.2. The van der Waals surface area contributed by atoms with Crippen LogP contribution in [0.5, 0.6) is 5.75 Å². The molecule has 0 spiro atoms. The predicted molar refractivity (Wildman–Crippen MR) is 113 cm³/mol. The molecular weight excluding hydrogens is 463 g/mol. The van der Waals surface area contributed by atoms with Crippen molar-refractivity contribution in [3.05, 3.63) is 53.6 Å². The standard InChI is InChI=1S/C22H24F3NO6S/c1-13(26-20(28)22(23,24)25)14-6-9-16(10-7-14)33(29,30)18-11-8-15(31-5)12-17(18)19(27)32-21(2,3)4/h6-13H,1-5H3,(H,26,28). The molecule has 11 heteroatoms. The Balaban J connectivity index is 2.42. The minimum absolute atomic E-state index is 0.199. The van der Waals surface area contributed by atoms with E-state index in [0.29, 0.717) is 0 Å². The Morgan fingerprint density at radius 2 is 1.58 bits per heavy atom. The van der Waals surface area contributed by atoms with Gasteiger partial charge >= 0.3 is 18.1 Å². The third-order valence-electron chi connectivity index (χ3n) is 4.39. The van der Waals surface area contributed by atoms with E-state index in [2.05, 4.69) is 0 Å². The number of hydrogen-bond acceptors (Lipinski definition) is 6. The lowest BCUT2D eigenvalue weighted by atomic mass is 10.1. The topological polar surface area (TPSA) is 98.8 Å². The summed E-state index contributed by atoms with van der Waals surface area (Å²) < 4.78 is 74.3. The number of esters is 1. The van der Waals surface area contributed by atoms with E-state index in [0.717, 1.165) is 0 Å². The number of methoxy groups -OCH3 is 1. The van der Waals surface area contributed by atoms with Gasteiger partial charge in [0, 0.05) is 0 Å². The molecule has 1 atom stereocenters. The van der Waals surface area contributed by atoms with E-state index in [1.807, 2.05) is 0 Å². The summed E-state index contributed by atoms with van der Waals surface area (Å²) in [6, 6.07) is 7.76. The van der Waals surface area contributed by atoms with Gasteiger partial charge in [-0.3, -0.25) is 4.79 Å². The molecule has 0 aromatic heterocycles. The van der Waals surface area contributed by atoms with E-state index in [-0.39, 0.29) is 26.7 Å². The Bertz CT molecular complexity index is 1140. The number of amides is 1.